The van der Waals surface area contributed by atoms with Gasteiger partial charge in [0.1, 0.15) is 0 Å². The van der Waals surface area contributed by atoms with Crippen LogP contribution >= 0.6 is 12.6 Å². The first-order chi connectivity index (χ1) is 7.98. The smallest absolute Gasteiger partial charge is 0.180 e. The minimum absolute atomic E-state index is 0.389. The van der Waals surface area contributed by atoms with Crippen molar-refractivity contribution >= 4 is 28.5 Å². The summed E-state index contributed by atoms with van der Waals surface area (Å²) in [7, 11) is -3.18. The average molecular weight is 270 g/mol. The Hall–Kier alpha value is -0.740. The van der Waals surface area contributed by atoms with Gasteiger partial charge in [-0.3, -0.25) is 0 Å². The molecule has 0 radical (unpaired) electrons. The largest absolute Gasteiger partial charge is 0.223 e. The van der Waals surface area contributed by atoms with Crippen LogP contribution in [0.15, 0.2) is 35.2 Å². The third-order valence-corrected chi connectivity index (χ3v) is 4.82. The molecule has 1 aromatic carbocycles. The predicted octanol–water partition coefficient (Wildman–Crippen LogP) is 3.20. The third-order valence-electron chi connectivity index (χ3n) is 2.41. The summed E-state index contributed by atoms with van der Waals surface area (Å²) in [5.41, 5.74) is 0.911. The molecule has 0 fully saturated rings. The van der Waals surface area contributed by atoms with Crippen molar-refractivity contribution in [2.24, 2.45) is 0 Å². The van der Waals surface area contributed by atoms with E-state index in [2.05, 4.69) is 12.6 Å². The van der Waals surface area contributed by atoms with E-state index >= 15 is 0 Å². The molecule has 0 aliphatic carbocycles. The highest BCUT2D eigenvalue weighted by molar-refractivity contribution is 7.92. The zero-order chi connectivity index (χ0) is 12.9. The molecule has 0 saturated heterocycles. The van der Waals surface area contributed by atoms with Crippen LogP contribution in [0.4, 0.5) is 0 Å². The van der Waals surface area contributed by atoms with Gasteiger partial charge in [0.05, 0.1) is 10.1 Å². The summed E-state index contributed by atoms with van der Waals surface area (Å²) in [4.78, 5) is 0.389. The number of hydrogen-bond acceptors (Lipinski definition) is 3. The van der Waals surface area contributed by atoms with Crippen LogP contribution in [0.2, 0.25) is 0 Å². The molecule has 0 aliphatic rings. The lowest BCUT2D eigenvalue weighted by Crippen LogP contribution is -2.13. The Labute approximate surface area is 109 Å². The lowest BCUT2D eigenvalue weighted by molar-refractivity contribution is 0.587. The van der Waals surface area contributed by atoms with Gasteiger partial charge in [-0.2, -0.15) is 12.6 Å². The first kappa shape index (κ1) is 14.3. The predicted molar refractivity (Wildman–Crippen MR) is 76.3 cm³/mol. The fourth-order valence-corrected chi connectivity index (χ4v) is 2.62. The first-order valence-electron chi connectivity index (χ1n) is 5.60. The van der Waals surface area contributed by atoms with Gasteiger partial charge in [-0.1, -0.05) is 24.3 Å². The van der Waals surface area contributed by atoms with Crippen LogP contribution in [0.1, 0.15) is 25.8 Å². The van der Waals surface area contributed by atoms with Gasteiger partial charge in [0.25, 0.3) is 0 Å². The molecule has 2 nitrogen and oxygen atoms in total. The van der Waals surface area contributed by atoms with Crippen molar-refractivity contribution in [3.8, 4) is 0 Å². The summed E-state index contributed by atoms with van der Waals surface area (Å²) in [6.45, 7) is 3.39. The Kier molecular flexibility index (Phi) is 5.28. The fraction of sp³-hybridized carbons (Fsp3) is 0.385. The van der Waals surface area contributed by atoms with E-state index in [0.717, 1.165) is 17.7 Å². The molecule has 0 atom stereocenters. The van der Waals surface area contributed by atoms with Crippen molar-refractivity contribution in [3.63, 3.8) is 0 Å². The second-order valence-electron chi connectivity index (χ2n) is 4.08. The van der Waals surface area contributed by atoms with Gasteiger partial charge in [-0.05, 0) is 43.7 Å². The van der Waals surface area contributed by atoms with Gasteiger partial charge in [-0.15, -0.1) is 0 Å². The summed E-state index contributed by atoms with van der Waals surface area (Å²) >= 11 is 4.11. The second kappa shape index (κ2) is 6.26. The molecule has 0 bridgehead atoms. The molecule has 0 spiro atoms. The van der Waals surface area contributed by atoms with E-state index < -0.39 is 9.84 Å². The second-order valence-corrected chi connectivity index (χ2v) is 7.03. The number of allylic oxidation sites excluding steroid dienone is 1. The van der Waals surface area contributed by atoms with Crippen molar-refractivity contribution in [1.82, 2.24) is 0 Å². The van der Waals surface area contributed by atoms with E-state index in [0.29, 0.717) is 4.90 Å². The molecule has 0 aliphatic heterocycles. The molecular weight excluding hydrogens is 252 g/mol. The molecule has 0 heterocycles. The van der Waals surface area contributed by atoms with Gasteiger partial charge in [0, 0.05) is 0 Å². The fourth-order valence-electron chi connectivity index (χ4n) is 1.36. The van der Waals surface area contributed by atoms with Gasteiger partial charge in [-0.25, -0.2) is 8.42 Å². The van der Waals surface area contributed by atoms with E-state index in [1.807, 2.05) is 18.2 Å². The molecule has 0 unspecified atom stereocenters. The molecule has 94 valence electrons. The number of hydrogen-bond donors (Lipinski definition) is 1. The molecule has 1 aromatic rings. The highest BCUT2D eigenvalue weighted by Gasteiger charge is 2.18. The number of thiol groups is 1. The van der Waals surface area contributed by atoms with Crippen LogP contribution in [-0.2, 0) is 9.84 Å². The molecule has 0 amide bonds. The van der Waals surface area contributed by atoms with Crippen LogP contribution < -0.4 is 0 Å². The summed E-state index contributed by atoms with van der Waals surface area (Å²) in [6, 6.07) is 7.03. The minimum atomic E-state index is -3.18. The van der Waals surface area contributed by atoms with E-state index in [1.54, 1.807) is 32.0 Å². The van der Waals surface area contributed by atoms with E-state index in [4.69, 9.17) is 0 Å². The number of benzene rings is 1. The average Bonchev–Trinajstić information content (AvgIpc) is 2.29. The number of sulfone groups is 1. The van der Waals surface area contributed by atoms with Gasteiger partial charge >= 0.3 is 0 Å². The minimum Gasteiger partial charge on any atom is -0.223 e. The van der Waals surface area contributed by atoms with Crippen LogP contribution in [0, 0.1) is 0 Å². The van der Waals surface area contributed by atoms with Crippen molar-refractivity contribution in [1.29, 1.82) is 0 Å². The van der Waals surface area contributed by atoms with Crippen molar-refractivity contribution < 1.29 is 8.42 Å². The normalized spacial score (nSPS) is 12.5. The number of rotatable bonds is 5. The van der Waals surface area contributed by atoms with Crippen LogP contribution in [-0.4, -0.2) is 19.4 Å². The quantitative estimate of drug-likeness (QED) is 0.834. The lowest BCUT2D eigenvalue weighted by Gasteiger charge is -2.08. The molecule has 4 heteroatoms. The zero-order valence-corrected chi connectivity index (χ0v) is 11.8. The molecule has 17 heavy (non-hydrogen) atoms. The Balaban J connectivity index is 3.02. The van der Waals surface area contributed by atoms with E-state index in [-0.39, 0.29) is 5.25 Å². The highest BCUT2D eigenvalue weighted by Crippen LogP contribution is 2.18. The Bertz CT molecular complexity index is 488. The van der Waals surface area contributed by atoms with Crippen molar-refractivity contribution in [3.05, 3.63) is 35.9 Å². The molecule has 1 rings (SSSR count). The monoisotopic (exact) mass is 270 g/mol. The van der Waals surface area contributed by atoms with Gasteiger partial charge < -0.3 is 0 Å². The highest BCUT2D eigenvalue weighted by atomic mass is 32.2. The Morgan fingerprint density at radius 1 is 1.35 bits per heavy atom. The van der Waals surface area contributed by atoms with Crippen LogP contribution in [0.3, 0.4) is 0 Å². The van der Waals surface area contributed by atoms with Crippen LogP contribution in [0.5, 0.6) is 0 Å². The van der Waals surface area contributed by atoms with E-state index in [9.17, 15) is 8.42 Å². The topological polar surface area (TPSA) is 34.1 Å². The molecule has 0 saturated carbocycles. The maximum Gasteiger partial charge on any atom is 0.180 e. The first-order valence-corrected chi connectivity index (χ1v) is 7.77. The summed E-state index contributed by atoms with van der Waals surface area (Å²) in [5.74, 6) is 0.792. The van der Waals surface area contributed by atoms with Gasteiger partial charge in [0.2, 0.25) is 0 Å². The van der Waals surface area contributed by atoms with E-state index in [1.165, 1.54) is 0 Å². The van der Waals surface area contributed by atoms with Gasteiger partial charge in [0.15, 0.2) is 9.84 Å². The summed E-state index contributed by atoms with van der Waals surface area (Å²) in [6.07, 6.45) is 4.80. The SMILES string of the molecule is CC(C)S(=O)(=O)c1cccc(C=CCCS)c1. The lowest BCUT2D eigenvalue weighted by atomic mass is 10.2. The van der Waals surface area contributed by atoms with Crippen molar-refractivity contribution in [2.75, 3.05) is 5.75 Å². The summed E-state index contributed by atoms with van der Waals surface area (Å²) in [5, 5.41) is -0.390. The van der Waals surface area contributed by atoms with Crippen molar-refractivity contribution in [2.45, 2.75) is 30.4 Å². The maximum atomic E-state index is 12.0. The molecular formula is C13H18O2S2. The molecule has 0 aromatic heterocycles. The third kappa shape index (κ3) is 3.89. The Morgan fingerprint density at radius 3 is 2.65 bits per heavy atom. The molecule has 0 N–H and O–H groups in total. The summed E-state index contributed by atoms with van der Waals surface area (Å²) < 4.78 is 24.0. The van der Waals surface area contributed by atoms with Crippen LogP contribution in [0.25, 0.3) is 6.08 Å². The standard InChI is InChI=1S/C13H18O2S2/c1-11(2)17(14,15)13-8-5-7-12(10-13)6-3-4-9-16/h3,5-8,10-11,16H,4,9H2,1-2H3. The zero-order valence-electron chi connectivity index (χ0n) is 10.1. The maximum absolute atomic E-state index is 12.0. The Morgan fingerprint density at radius 2 is 2.06 bits per heavy atom.